The number of morpholine rings is 1. The first kappa shape index (κ1) is 36.4. The Labute approximate surface area is 293 Å². The SMILES string of the molecule is COc1ccc(CCNC(=O)[C@@H](Cc2ccccc2)N(Cc2ccc(OC)cc2)C(=O)COc2ccc(S(=O)(=O)N3CCOCC3)cc2)cc1. The molecule has 11 nitrogen and oxygen atoms in total. The largest absolute Gasteiger partial charge is 0.497 e. The van der Waals surface area contributed by atoms with Crippen LogP contribution in [0, 0.1) is 0 Å². The molecule has 0 unspecified atom stereocenters. The minimum atomic E-state index is -3.68. The first-order valence-corrected chi connectivity index (χ1v) is 17.9. The molecule has 12 heteroatoms. The Morgan fingerprint density at radius 3 is 1.96 bits per heavy atom. The van der Waals surface area contributed by atoms with E-state index in [4.69, 9.17) is 18.9 Å². The van der Waals surface area contributed by atoms with Crippen molar-refractivity contribution in [3.63, 3.8) is 0 Å². The molecule has 4 aromatic rings. The van der Waals surface area contributed by atoms with Crippen molar-refractivity contribution in [1.29, 1.82) is 0 Å². The van der Waals surface area contributed by atoms with Gasteiger partial charge in [-0.05, 0) is 71.6 Å². The lowest BCUT2D eigenvalue weighted by atomic mass is 10.0. The molecule has 1 heterocycles. The summed E-state index contributed by atoms with van der Waals surface area (Å²) < 4.78 is 49.2. The van der Waals surface area contributed by atoms with E-state index in [0.29, 0.717) is 50.8 Å². The van der Waals surface area contributed by atoms with Crippen molar-refractivity contribution in [2.45, 2.75) is 30.3 Å². The van der Waals surface area contributed by atoms with E-state index in [1.165, 1.54) is 33.5 Å². The van der Waals surface area contributed by atoms with Crippen LogP contribution in [0.2, 0.25) is 0 Å². The summed E-state index contributed by atoms with van der Waals surface area (Å²) in [5.74, 6) is 1.06. The van der Waals surface area contributed by atoms with E-state index in [1.54, 1.807) is 14.2 Å². The lowest BCUT2D eigenvalue weighted by molar-refractivity contribution is -0.142. The molecular formula is C38H43N3O8S. The summed E-state index contributed by atoms with van der Waals surface area (Å²) in [6.07, 6.45) is 0.881. The van der Waals surface area contributed by atoms with Gasteiger partial charge in [-0.1, -0.05) is 54.6 Å². The van der Waals surface area contributed by atoms with Crippen LogP contribution in [0.15, 0.2) is 108 Å². The maximum atomic E-state index is 14.0. The Morgan fingerprint density at radius 2 is 1.36 bits per heavy atom. The highest BCUT2D eigenvalue weighted by Gasteiger charge is 2.31. The van der Waals surface area contributed by atoms with Crippen LogP contribution >= 0.6 is 0 Å². The maximum absolute atomic E-state index is 14.0. The Bertz CT molecular complexity index is 1780. The second-order valence-corrected chi connectivity index (χ2v) is 13.7. The summed E-state index contributed by atoms with van der Waals surface area (Å²) in [5, 5.41) is 3.05. The molecule has 0 radical (unpaired) electrons. The molecule has 1 atom stereocenters. The van der Waals surface area contributed by atoms with Crippen molar-refractivity contribution in [1.82, 2.24) is 14.5 Å². The molecule has 1 aliphatic heterocycles. The number of carbonyl (C=O) groups is 2. The zero-order valence-corrected chi connectivity index (χ0v) is 29.1. The van der Waals surface area contributed by atoms with Crippen LogP contribution in [0.5, 0.6) is 17.2 Å². The zero-order chi connectivity index (χ0) is 35.3. The maximum Gasteiger partial charge on any atom is 0.261 e. The summed E-state index contributed by atoms with van der Waals surface area (Å²) >= 11 is 0. The molecule has 4 aromatic carbocycles. The molecule has 2 amide bonds. The van der Waals surface area contributed by atoms with Gasteiger partial charge >= 0.3 is 0 Å². The van der Waals surface area contributed by atoms with Crippen molar-refractivity contribution in [2.24, 2.45) is 0 Å². The molecule has 1 fully saturated rings. The van der Waals surface area contributed by atoms with Crippen LogP contribution < -0.4 is 19.5 Å². The topological polar surface area (TPSA) is 124 Å². The van der Waals surface area contributed by atoms with Crippen LogP contribution in [-0.4, -0.2) is 89.2 Å². The van der Waals surface area contributed by atoms with Crippen molar-refractivity contribution >= 4 is 21.8 Å². The highest BCUT2D eigenvalue weighted by molar-refractivity contribution is 7.89. The number of nitrogens with one attached hydrogen (secondary N) is 1. The fourth-order valence-electron chi connectivity index (χ4n) is 5.59. The van der Waals surface area contributed by atoms with E-state index in [0.717, 1.165) is 22.4 Å². The van der Waals surface area contributed by atoms with Gasteiger partial charge in [-0.25, -0.2) is 8.42 Å². The first-order valence-electron chi connectivity index (χ1n) is 16.4. The van der Waals surface area contributed by atoms with Gasteiger partial charge in [-0.3, -0.25) is 9.59 Å². The Kier molecular flexibility index (Phi) is 12.8. The highest BCUT2D eigenvalue weighted by atomic mass is 32.2. The molecule has 1 saturated heterocycles. The molecular weight excluding hydrogens is 658 g/mol. The van der Waals surface area contributed by atoms with Crippen molar-refractivity contribution in [3.8, 4) is 17.2 Å². The number of rotatable bonds is 16. The number of ether oxygens (including phenoxy) is 4. The van der Waals surface area contributed by atoms with Crippen molar-refractivity contribution < 1.29 is 37.0 Å². The van der Waals surface area contributed by atoms with Crippen LogP contribution in [0.1, 0.15) is 16.7 Å². The molecule has 5 rings (SSSR count). The summed E-state index contributed by atoms with van der Waals surface area (Å²) in [6.45, 7) is 1.43. The highest BCUT2D eigenvalue weighted by Crippen LogP contribution is 2.22. The quantitative estimate of drug-likeness (QED) is 0.185. The number of nitrogens with zero attached hydrogens (tertiary/aromatic N) is 2. The Hall–Kier alpha value is -4.91. The molecule has 0 spiro atoms. The van der Waals surface area contributed by atoms with Crippen LogP contribution in [-0.2, 0) is 43.7 Å². The normalized spacial score (nSPS) is 14.0. The number of hydrogen-bond donors (Lipinski definition) is 1. The Morgan fingerprint density at radius 1 is 0.780 bits per heavy atom. The van der Waals surface area contributed by atoms with E-state index in [9.17, 15) is 18.0 Å². The van der Waals surface area contributed by atoms with Gasteiger partial charge < -0.3 is 29.2 Å². The minimum absolute atomic E-state index is 0.133. The van der Waals surface area contributed by atoms with Crippen LogP contribution in [0.25, 0.3) is 0 Å². The van der Waals surface area contributed by atoms with E-state index in [2.05, 4.69) is 5.32 Å². The fourth-order valence-corrected chi connectivity index (χ4v) is 7.00. The lowest BCUT2D eigenvalue weighted by Gasteiger charge is -2.31. The van der Waals surface area contributed by atoms with Gasteiger partial charge in [0.05, 0.1) is 32.3 Å². The smallest absolute Gasteiger partial charge is 0.261 e. The van der Waals surface area contributed by atoms with Gasteiger partial charge in [0, 0.05) is 32.6 Å². The summed E-state index contributed by atoms with van der Waals surface area (Å²) in [7, 11) is -0.483. The lowest BCUT2D eigenvalue weighted by Crippen LogP contribution is -2.52. The van der Waals surface area contributed by atoms with Gasteiger partial charge in [0.1, 0.15) is 23.3 Å². The average Bonchev–Trinajstić information content (AvgIpc) is 3.16. The monoisotopic (exact) mass is 701 g/mol. The third-order valence-electron chi connectivity index (χ3n) is 8.45. The molecule has 264 valence electrons. The molecule has 1 aliphatic rings. The van der Waals surface area contributed by atoms with Crippen molar-refractivity contribution in [2.75, 3.05) is 53.7 Å². The molecule has 50 heavy (non-hydrogen) atoms. The van der Waals surface area contributed by atoms with E-state index >= 15 is 0 Å². The molecule has 0 bridgehead atoms. The number of hydrogen-bond acceptors (Lipinski definition) is 8. The van der Waals surface area contributed by atoms with Gasteiger partial charge in [0.25, 0.3) is 5.91 Å². The molecule has 0 saturated carbocycles. The summed E-state index contributed by atoms with van der Waals surface area (Å²) in [6, 6.07) is 29.7. The molecule has 0 aliphatic carbocycles. The van der Waals surface area contributed by atoms with Crippen LogP contribution in [0.4, 0.5) is 0 Å². The zero-order valence-electron chi connectivity index (χ0n) is 28.3. The summed E-state index contributed by atoms with van der Waals surface area (Å²) in [4.78, 5) is 29.7. The second-order valence-electron chi connectivity index (χ2n) is 11.7. The van der Waals surface area contributed by atoms with E-state index < -0.39 is 22.0 Å². The molecule has 1 N–H and O–H groups in total. The predicted molar refractivity (Wildman–Crippen MR) is 189 cm³/mol. The minimum Gasteiger partial charge on any atom is -0.497 e. The fraction of sp³-hybridized carbons (Fsp3) is 0.316. The van der Waals surface area contributed by atoms with Crippen molar-refractivity contribution in [3.05, 3.63) is 120 Å². The van der Waals surface area contributed by atoms with Gasteiger partial charge in [0.15, 0.2) is 6.61 Å². The average molecular weight is 702 g/mol. The third-order valence-corrected chi connectivity index (χ3v) is 10.4. The van der Waals surface area contributed by atoms with Gasteiger partial charge in [-0.15, -0.1) is 0 Å². The van der Waals surface area contributed by atoms with E-state index in [-0.39, 0.29) is 30.4 Å². The number of amides is 2. The predicted octanol–water partition coefficient (Wildman–Crippen LogP) is 4.10. The number of carbonyl (C=O) groups excluding carboxylic acids is 2. The van der Waals surface area contributed by atoms with E-state index in [1.807, 2.05) is 78.9 Å². The Balaban J connectivity index is 1.34. The standard InChI is InChI=1S/C38H43N3O8S/c1-46-32-12-8-29(9-13-32)20-21-39-38(43)36(26-30-6-4-3-5-7-30)41(27-31-10-14-33(47-2)15-11-31)37(42)28-49-34-16-18-35(19-17-34)50(44,45)40-22-24-48-25-23-40/h3-19,36H,20-28H2,1-2H3,(H,39,43)/t36-/m1/s1. The van der Waals surface area contributed by atoms with Gasteiger partial charge in [0.2, 0.25) is 15.9 Å². The molecule has 0 aromatic heterocycles. The number of benzene rings is 4. The summed E-state index contributed by atoms with van der Waals surface area (Å²) in [5.41, 5.74) is 2.74. The van der Waals surface area contributed by atoms with Gasteiger partial charge in [-0.2, -0.15) is 4.31 Å². The van der Waals surface area contributed by atoms with Crippen LogP contribution in [0.3, 0.4) is 0 Å². The first-order chi connectivity index (χ1) is 24.3. The number of sulfonamides is 1. The second kappa shape index (κ2) is 17.7. The third kappa shape index (κ3) is 9.84. The number of methoxy groups -OCH3 is 2.